The molecule has 0 atom stereocenters. The molecule has 0 aliphatic heterocycles. The van der Waals surface area contributed by atoms with Crippen LogP contribution in [-0.2, 0) is 14.9 Å². The van der Waals surface area contributed by atoms with Crippen molar-refractivity contribution in [1.29, 1.82) is 0 Å². The van der Waals surface area contributed by atoms with E-state index in [1.165, 1.54) is 11.1 Å². The molecule has 5 nitrogen and oxygen atoms in total. The number of hydrogen-bond acceptors (Lipinski definition) is 4. The molecule has 0 radical (unpaired) electrons. The second kappa shape index (κ2) is 5.23. The summed E-state index contributed by atoms with van der Waals surface area (Å²) in [6.07, 6.45) is 1.55. The van der Waals surface area contributed by atoms with Gasteiger partial charge in [0.05, 0.1) is 23.2 Å². The van der Waals surface area contributed by atoms with E-state index in [0.717, 1.165) is 11.1 Å². The number of nitrogens with zero attached hydrogens (tertiary/aromatic N) is 1. The van der Waals surface area contributed by atoms with Crippen molar-refractivity contribution in [2.75, 3.05) is 12.6 Å². The van der Waals surface area contributed by atoms with Crippen molar-refractivity contribution in [3.8, 4) is 0 Å². The van der Waals surface area contributed by atoms with E-state index in [0.29, 0.717) is 5.52 Å². The van der Waals surface area contributed by atoms with Crippen molar-refractivity contribution < 1.29 is 13.3 Å². The minimum absolute atomic E-state index is 0.257. The second-order valence-electron chi connectivity index (χ2n) is 4.47. The molecule has 0 unspecified atom stereocenters. The molecule has 1 aromatic heterocycles. The van der Waals surface area contributed by atoms with Gasteiger partial charge < -0.3 is 0 Å². The van der Waals surface area contributed by atoms with Gasteiger partial charge >= 0.3 is 0 Å². The average molecular weight is 302 g/mol. The standard InChI is InChI=1S/C15H14N2O3S/c1-20-16-14-8-5-9-15-13(14)10-11-17(15)21(18,19)12-6-3-2-4-7-12/h2-11,16H,1H3. The monoisotopic (exact) mass is 302 g/mol. The van der Waals surface area contributed by atoms with E-state index >= 15 is 0 Å². The van der Waals surface area contributed by atoms with E-state index in [9.17, 15) is 8.42 Å². The normalized spacial score (nSPS) is 11.7. The Labute approximate surface area is 122 Å². The average Bonchev–Trinajstić information content (AvgIpc) is 2.94. The molecule has 108 valence electrons. The van der Waals surface area contributed by atoms with Crippen LogP contribution in [0.4, 0.5) is 5.69 Å². The molecule has 0 fully saturated rings. The third kappa shape index (κ3) is 2.28. The second-order valence-corrected chi connectivity index (χ2v) is 6.29. The van der Waals surface area contributed by atoms with Crippen molar-refractivity contribution >= 4 is 26.6 Å². The van der Waals surface area contributed by atoms with Crippen molar-refractivity contribution in [3.05, 3.63) is 60.8 Å². The molecule has 1 heterocycles. The Morgan fingerprint density at radius 2 is 1.76 bits per heavy atom. The van der Waals surface area contributed by atoms with E-state index in [4.69, 9.17) is 4.84 Å². The van der Waals surface area contributed by atoms with Crippen molar-refractivity contribution in [1.82, 2.24) is 3.97 Å². The summed E-state index contributed by atoms with van der Waals surface area (Å²) in [4.78, 5) is 5.16. The van der Waals surface area contributed by atoms with Crippen molar-refractivity contribution in [2.24, 2.45) is 0 Å². The maximum absolute atomic E-state index is 12.7. The Hall–Kier alpha value is -2.31. The zero-order valence-corrected chi connectivity index (χ0v) is 12.2. The molecule has 0 bridgehead atoms. The Morgan fingerprint density at radius 3 is 2.48 bits per heavy atom. The zero-order chi connectivity index (χ0) is 14.9. The first-order valence-electron chi connectivity index (χ1n) is 6.34. The van der Waals surface area contributed by atoms with Crippen LogP contribution in [0, 0.1) is 0 Å². The molecule has 0 aliphatic rings. The fraction of sp³-hybridized carbons (Fsp3) is 0.0667. The van der Waals surface area contributed by atoms with Gasteiger partial charge in [-0.2, -0.15) is 0 Å². The van der Waals surface area contributed by atoms with Crippen LogP contribution in [0.1, 0.15) is 0 Å². The highest BCUT2D eigenvalue weighted by Crippen LogP contribution is 2.27. The molecule has 3 aromatic rings. The summed E-state index contributed by atoms with van der Waals surface area (Å²) in [7, 11) is -2.10. The van der Waals surface area contributed by atoms with Gasteiger partial charge in [0, 0.05) is 11.6 Å². The van der Waals surface area contributed by atoms with E-state index in [2.05, 4.69) is 5.48 Å². The minimum atomic E-state index is -3.61. The van der Waals surface area contributed by atoms with Crippen LogP contribution >= 0.6 is 0 Å². The number of benzene rings is 2. The molecule has 0 saturated heterocycles. The van der Waals surface area contributed by atoms with Crippen LogP contribution in [-0.4, -0.2) is 19.5 Å². The summed E-state index contributed by atoms with van der Waals surface area (Å²) in [5.41, 5.74) is 4.06. The van der Waals surface area contributed by atoms with Crippen LogP contribution in [0.25, 0.3) is 10.9 Å². The summed E-state index contributed by atoms with van der Waals surface area (Å²) in [6, 6.07) is 15.5. The summed E-state index contributed by atoms with van der Waals surface area (Å²) in [6.45, 7) is 0. The zero-order valence-electron chi connectivity index (χ0n) is 11.4. The van der Waals surface area contributed by atoms with Crippen LogP contribution in [0.15, 0.2) is 65.7 Å². The highest BCUT2D eigenvalue weighted by atomic mass is 32.2. The number of rotatable bonds is 4. The molecule has 21 heavy (non-hydrogen) atoms. The summed E-state index contributed by atoms with van der Waals surface area (Å²) in [5.74, 6) is 0. The molecule has 0 spiro atoms. The van der Waals surface area contributed by atoms with E-state index < -0.39 is 10.0 Å². The van der Waals surface area contributed by atoms with Gasteiger partial charge in [0.2, 0.25) is 0 Å². The number of aromatic nitrogens is 1. The highest BCUT2D eigenvalue weighted by Gasteiger charge is 2.19. The Bertz CT molecular complexity index is 870. The SMILES string of the molecule is CONc1cccc2c1ccn2S(=O)(=O)c1ccccc1. The number of hydrogen-bond donors (Lipinski definition) is 1. The maximum atomic E-state index is 12.7. The van der Waals surface area contributed by atoms with Gasteiger partial charge in [0.15, 0.2) is 0 Å². The van der Waals surface area contributed by atoms with Gasteiger partial charge in [-0.25, -0.2) is 12.4 Å². The van der Waals surface area contributed by atoms with E-state index in [1.54, 1.807) is 54.7 Å². The molecule has 0 aliphatic carbocycles. The molecule has 1 N–H and O–H groups in total. The van der Waals surface area contributed by atoms with Crippen LogP contribution < -0.4 is 5.48 Å². The first-order chi connectivity index (χ1) is 10.1. The molecule has 0 saturated carbocycles. The van der Waals surface area contributed by atoms with Gasteiger partial charge in [0.25, 0.3) is 10.0 Å². The lowest BCUT2D eigenvalue weighted by Gasteiger charge is -2.09. The highest BCUT2D eigenvalue weighted by molar-refractivity contribution is 7.90. The van der Waals surface area contributed by atoms with Crippen LogP contribution in [0.2, 0.25) is 0 Å². The fourth-order valence-corrected chi connectivity index (χ4v) is 3.62. The summed E-state index contributed by atoms with van der Waals surface area (Å²) < 4.78 is 26.7. The number of anilines is 1. The quantitative estimate of drug-likeness (QED) is 0.753. The lowest BCUT2D eigenvalue weighted by Crippen LogP contribution is -2.11. The Balaban J connectivity index is 2.20. The number of nitrogens with one attached hydrogen (secondary N) is 1. The predicted molar refractivity (Wildman–Crippen MR) is 81.6 cm³/mol. The molecular weight excluding hydrogens is 288 g/mol. The van der Waals surface area contributed by atoms with Crippen LogP contribution in [0.3, 0.4) is 0 Å². The molecular formula is C15H14N2O3S. The van der Waals surface area contributed by atoms with Crippen molar-refractivity contribution in [2.45, 2.75) is 4.90 Å². The van der Waals surface area contributed by atoms with Gasteiger partial charge in [-0.15, -0.1) is 0 Å². The first-order valence-corrected chi connectivity index (χ1v) is 7.78. The fourth-order valence-electron chi connectivity index (χ4n) is 2.26. The maximum Gasteiger partial charge on any atom is 0.268 e. The van der Waals surface area contributed by atoms with Crippen molar-refractivity contribution in [3.63, 3.8) is 0 Å². The summed E-state index contributed by atoms with van der Waals surface area (Å²) >= 11 is 0. The van der Waals surface area contributed by atoms with E-state index in [1.807, 2.05) is 6.07 Å². The van der Waals surface area contributed by atoms with Gasteiger partial charge in [-0.1, -0.05) is 24.3 Å². The minimum Gasteiger partial charge on any atom is -0.279 e. The van der Waals surface area contributed by atoms with Gasteiger partial charge in [-0.05, 0) is 30.3 Å². The predicted octanol–water partition coefficient (Wildman–Crippen LogP) is 2.85. The van der Waals surface area contributed by atoms with Gasteiger partial charge in [0.1, 0.15) is 0 Å². The van der Waals surface area contributed by atoms with Crippen LogP contribution in [0.5, 0.6) is 0 Å². The lowest BCUT2D eigenvalue weighted by atomic mass is 10.2. The molecule has 3 rings (SSSR count). The largest absolute Gasteiger partial charge is 0.279 e. The summed E-state index contributed by atoms with van der Waals surface area (Å²) in [5, 5.41) is 0.777. The topological polar surface area (TPSA) is 60.3 Å². The van der Waals surface area contributed by atoms with Gasteiger partial charge in [-0.3, -0.25) is 10.3 Å². The Morgan fingerprint density at radius 1 is 1.00 bits per heavy atom. The Kier molecular flexibility index (Phi) is 3.40. The number of fused-ring (bicyclic) bond motifs is 1. The lowest BCUT2D eigenvalue weighted by molar-refractivity contribution is 0.271. The third-order valence-corrected chi connectivity index (χ3v) is 4.91. The molecule has 0 amide bonds. The first kappa shape index (κ1) is 13.7. The van der Waals surface area contributed by atoms with E-state index in [-0.39, 0.29) is 4.90 Å². The molecule has 2 aromatic carbocycles. The third-order valence-electron chi connectivity index (χ3n) is 3.21. The molecule has 6 heteroatoms. The smallest absolute Gasteiger partial charge is 0.268 e.